The molecule has 1 fully saturated rings. The highest BCUT2D eigenvalue weighted by molar-refractivity contribution is 7.13. The highest BCUT2D eigenvalue weighted by atomic mass is 32.1. The van der Waals surface area contributed by atoms with Gasteiger partial charge in [-0.2, -0.15) is 0 Å². The number of rotatable bonds is 5. The van der Waals surface area contributed by atoms with E-state index in [1.54, 1.807) is 29.6 Å². The van der Waals surface area contributed by atoms with Crippen LogP contribution < -0.4 is 15.1 Å². The number of piperazine rings is 1. The highest BCUT2D eigenvalue weighted by Gasteiger charge is 2.22. The van der Waals surface area contributed by atoms with Crippen molar-refractivity contribution in [3.63, 3.8) is 0 Å². The topological polar surface area (TPSA) is 48.5 Å². The normalized spacial score (nSPS) is 15.2. The van der Waals surface area contributed by atoms with Gasteiger partial charge in [-0.05, 0) is 36.8 Å². The summed E-state index contributed by atoms with van der Waals surface area (Å²) in [6, 6.07) is 12.6. The summed E-state index contributed by atoms with van der Waals surface area (Å²) < 4.78 is 27.1. The van der Waals surface area contributed by atoms with E-state index in [2.05, 4.69) is 15.2 Å². The van der Waals surface area contributed by atoms with Crippen LogP contribution in [0, 0.1) is 11.6 Å². The summed E-state index contributed by atoms with van der Waals surface area (Å²) in [6.45, 7) is 4.62. The molecule has 156 valence electrons. The van der Waals surface area contributed by atoms with Crippen molar-refractivity contribution in [2.24, 2.45) is 0 Å². The Morgan fingerprint density at radius 1 is 1.03 bits per heavy atom. The second-order valence-corrected chi connectivity index (χ2v) is 8.02. The molecule has 1 aromatic heterocycles. The Kier molecular flexibility index (Phi) is 5.94. The summed E-state index contributed by atoms with van der Waals surface area (Å²) in [5, 5.41) is 5.42. The molecule has 0 bridgehead atoms. The van der Waals surface area contributed by atoms with Crippen LogP contribution in [0.2, 0.25) is 0 Å². The van der Waals surface area contributed by atoms with E-state index in [-0.39, 0.29) is 23.6 Å². The van der Waals surface area contributed by atoms with Crippen LogP contribution in [0.4, 0.5) is 19.6 Å². The van der Waals surface area contributed by atoms with Crippen LogP contribution in [-0.4, -0.2) is 37.1 Å². The van der Waals surface area contributed by atoms with E-state index in [4.69, 9.17) is 0 Å². The molecule has 0 spiro atoms. The number of carbonyl (C=O) groups is 1. The van der Waals surface area contributed by atoms with Crippen molar-refractivity contribution < 1.29 is 13.6 Å². The monoisotopic (exact) mass is 428 g/mol. The van der Waals surface area contributed by atoms with Gasteiger partial charge < -0.3 is 15.1 Å². The minimum Gasteiger partial charge on any atom is -0.366 e. The molecule has 1 amide bonds. The summed E-state index contributed by atoms with van der Waals surface area (Å²) >= 11 is 1.42. The van der Waals surface area contributed by atoms with Crippen molar-refractivity contribution in [3.8, 4) is 0 Å². The Hall–Kier alpha value is -3.00. The number of nitrogens with one attached hydrogen (secondary N) is 1. The molecule has 1 aliphatic heterocycles. The number of para-hydroxylation sites is 1. The fraction of sp³-hybridized carbons (Fsp3) is 0.273. The molecule has 4 rings (SSSR count). The van der Waals surface area contributed by atoms with Gasteiger partial charge in [-0.15, -0.1) is 11.3 Å². The average molecular weight is 429 g/mol. The minimum absolute atomic E-state index is 0.213. The van der Waals surface area contributed by atoms with E-state index in [0.29, 0.717) is 37.6 Å². The molecule has 1 saturated heterocycles. The Balaban J connectivity index is 1.35. The van der Waals surface area contributed by atoms with Crippen LogP contribution in [0.5, 0.6) is 0 Å². The van der Waals surface area contributed by atoms with Gasteiger partial charge in [0.15, 0.2) is 5.13 Å². The van der Waals surface area contributed by atoms with Crippen LogP contribution in [0.1, 0.15) is 29.0 Å². The molecule has 0 aliphatic carbocycles. The first-order chi connectivity index (χ1) is 14.5. The van der Waals surface area contributed by atoms with E-state index < -0.39 is 0 Å². The van der Waals surface area contributed by atoms with Gasteiger partial charge in [0.1, 0.15) is 17.3 Å². The summed E-state index contributed by atoms with van der Waals surface area (Å²) in [5.74, 6) is -0.787. The first-order valence-corrected chi connectivity index (χ1v) is 10.7. The molecule has 3 aromatic rings. The van der Waals surface area contributed by atoms with E-state index in [1.807, 2.05) is 17.9 Å². The molecule has 1 atom stereocenters. The molecule has 2 aromatic carbocycles. The van der Waals surface area contributed by atoms with E-state index in [9.17, 15) is 13.6 Å². The number of thiazole rings is 1. The number of amides is 1. The molecule has 30 heavy (non-hydrogen) atoms. The number of benzene rings is 2. The number of aromatic nitrogens is 1. The highest BCUT2D eigenvalue weighted by Crippen LogP contribution is 2.25. The van der Waals surface area contributed by atoms with Crippen LogP contribution in [-0.2, 0) is 0 Å². The average Bonchev–Trinajstić information content (AvgIpc) is 3.25. The number of carbonyl (C=O) groups excluding carboxylic acids is 1. The van der Waals surface area contributed by atoms with Crippen molar-refractivity contribution in [2.45, 2.75) is 13.0 Å². The molecular formula is C22H22F2N4OS. The third-order valence-electron chi connectivity index (χ3n) is 5.19. The molecule has 1 aliphatic rings. The zero-order valence-electron chi connectivity index (χ0n) is 16.5. The van der Waals surface area contributed by atoms with Gasteiger partial charge in [0.25, 0.3) is 5.91 Å². The first-order valence-electron chi connectivity index (χ1n) is 9.77. The Morgan fingerprint density at radius 3 is 2.40 bits per heavy atom. The summed E-state index contributed by atoms with van der Waals surface area (Å²) in [5.41, 5.74) is 1.80. The Bertz CT molecular complexity index is 1020. The lowest BCUT2D eigenvalue weighted by Gasteiger charge is -2.36. The van der Waals surface area contributed by atoms with Crippen LogP contribution in [0.25, 0.3) is 0 Å². The molecule has 0 radical (unpaired) electrons. The maximum absolute atomic E-state index is 14.0. The maximum atomic E-state index is 14.0. The summed E-state index contributed by atoms with van der Waals surface area (Å²) in [4.78, 5) is 21.2. The van der Waals surface area contributed by atoms with Crippen molar-refractivity contribution in [2.75, 3.05) is 36.0 Å². The number of hydrogen-bond donors (Lipinski definition) is 1. The molecule has 0 saturated carbocycles. The van der Waals surface area contributed by atoms with Crippen LogP contribution in [0.3, 0.4) is 0 Å². The number of hydrogen-bond acceptors (Lipinski definition) is 5. The molecule has 1 N–H and O–H groups in total. The maximum Gasteiger partial charge on any atom is 0.271 e. The van der Waals surface area contributed by atoms with Gasteiger partial charge in [-0.1, -0.05) is 24.3 Å². The standard InChI is InChI=1S/C22H22F2N4OS/c1-15(16-6-8-17(23)9-7-16)25-21(29)19-14-30-22(26-19)28-12-10-27(11-13-28)20-5-3-2-4-18(20)24/h2-9,14-15H,10-13H2,1H3,(H,25,29). The number of halogens is 2. The molecule has 2 heterocycles. The predicted octanol–water partition coefficient (Wildman–Crippen LogP) is 4.24. The fourth-order valence-electron chi connectivity index (χ4n) is 3.47. The van der Waals surface area contributed by atoms with E-state index in [1.165, 1.54) is 29.5 Å². The van der Waals surface area contributed by atoms with Gasteiger partial charge in [-0.3, -0.25) is 4.79 Å². The fourth-order valence-corrected chi connectivity index (χ4v) is 4.33. The largest absolute Gasteiger partial charge is 0.366 e. The van der Waals surface area contributed by atoms with Crippen LogP contribution >= 0.6 is 11.3 Å². The molecular weight excluding hydrogens is 406 g/mol. The lowest BCUT2D eigenvalue weighted by molar-refractivity contribution is 0.0935. The number of nitrogens with zero attached hydrogens (tertiary/aromatic N) is 3. The van der Waals surface area contributed by atoms with E-state index in [0.717, 1.165) is 10.7 Å². The molecule has 5 nitrogen and oxygen atoms in total. The van der Waals surface area contributed by atoms with Gasteiger partial charge in [0.05, 0.1) is 11.7 Å². The molecule has 8 heteroatoms. The van der Waals surface area contributed by atoms with Gasteiger partial charge >= 0.3 is 0 Å². The zero-order chi connectivity index (χ0) is 21.1. The van der Waals surface area contributed by atoms with Gasteiger partial charge in [-0.25, -0.2) is 13.8 Å². The lowest BCUT2D eigenvalue weighted by atomic mass is 10.1. The third kappa shape index (κ3) is 4.43. The van der Waals surface area contributed by atoms with Crippen molar-refractivity contribution >= 4 is 28.1 Å². The lowest BCUT2D eigenvalue weighted by Crippen LogP contribution is -2.46. The van der Waals surface area contributed by atoms with Crippen LogP contribution in [0.15, 0.2) is 53.9 Å². The Labute approximate surface area is 178 Å². The third-order valence-corrected chi connectivity index (χ3v) is 6.09. The van der Waals surface area contributed by atoms with Gasteiger partial charge in [0, 0.05) is 31.6 Å². The molecule has 1 unspecified atom stereocenters. The SMILES string of the molecule is CC(NC(=O)c1csc(N2CCN(c3ccccc3F)CC2)n1)c1ccc(F)cc1. The quantitative estimate of drug-likeness (QED) is 0.661. The van der Waals surface area contributed by atoms with Crippen molar-refractivity contribution in [3.05, 3.63) is 76.8 Å². The summed E-state index contributed by atoms with van der Waals surface area (Å²) in [6.07, 6.45) is 0. The minimum atomic E-state index is -0.309. The predicted molar refractivity (Wildman–Crippen MR) is 115 cm³/mol. The zero-order valence-corrected chi connectivity index (χ0v) is 17.3. The second kappa shape index (κ2) is 8.79. The van der Waals surface area contributed by atoms with Crippen molar-refractivity contribution in [1.29, 1.82) is 0 Å². The van der Waals surface area contributed by atoms with Gasteiger partial charge in [0.2, 0.25) is 0 Å². The second-order valence-electron chi connectivity index (χ2n) is 7.19. The first kappa shape index (κ1) is 20.3. The Morgan fingerprint density at radius 2 is 1.70 bits per heavy atom. The smallest absolute Gasteiger partial charge is 0.271 e. The number of anilines is 2. The summed E-state index contributed by atoms with van der Waals surface area (Å²) in [7, 11) is 0. The van der Waals surface area contributed by atoms with E-state index >= 15 is 0 Å². The van der Waals surface area contributed by atoms with Crippen molar-refractivity contribution in [1.82, 2.24) is 10.3 Å².